The molecule has 0 radical (unpaired) electrons. The zero-order valence-electron chi connectivity index (χ0n) is 16.8. The van der Waals surface area contributed by atoms with Crippen molar-refractivity contribution in [1.82, 2.24) is 24.7 Å². The average molecular weight is 437 g/mol. The van der Waals surface area contributed by atoms with Gasteiger partial charge in [-0.15, -0.1) is 15.3 Å². The first-order chi connectivity index (χ1) is 15.2. The minimum atomic E-state index is -0.315. The topological polar surface area (TPSA) is 66.6 Å². The molecule has 1 aliphatic rings. The quantitative estimate of drug-likeness (QED) is 0.491. The Labute approximate surface area is 182 Å². The van der Waals surface area contributed by atoms with Crippen LogP contribution in [-0.2, 0) is 11.2 Å². The lowest BCUT2D eigenvalue weighted by molar-refractivity contribution is -0.130. The number of nitrogens with zero attached hydrogens (tertiary/aromatic N) is 6. The maximum absolute atomic E-state index is 13.4. The molecule has 0 aliphatic carbocycles. The van der Waals surface area contributed by atoms with E-state index in [0.29, 0.717) is 30.8 Å². The maximum atomic E-state index is 13.4. The second-order valence-electron chi connectivity index (χ2n) is 7.53. The first-order valence-electron chi connectivity index (χ1n) is 10.2. The van der Waals surface area contributed by atoms with E-state index < -0.39 is 0 Å². The number of hydrogen-bond donors (Lipinski definition) is 0. The van der Waals surface area contributed by atoms with Gasteiger partial charge in [0.2, 0.25) is 5.91 Å². The summed E-state index contributed by atoms with van der Waals surface area (Å²) in [6, 6.07) is 12.1. The van der Waals surface area contributed by atoms with E-state index in [-0.39, 0.29) is 18.1 Å². The lowest BCUT2D eigenvalue weighted by Crippen LogP contribution is -2.36. The number of thiophene rings is 1. The second kappa shape index (κ2) is 8.43. The highest BCUT2D eigenvalue weighted by Crippen LogP contribution is 2.22. The van der Waals surface area contributed by atoms with Gasteiger partial charge in [-0.2, -0.15) is 15.9 Å². The molecule has 1 amide bonds. The molecule has 0 atom stereocenters. The van der Waals surface area contributed by atoms with E-state index in [9.17, 15) is 9.18 Å². The van der Waals surface area contributed by atoms with Gasteiger partial charge in [0.1, 0.15) is 11.6 Å². The van der Waals surface area contributed by atoms with Crippen molar-refractivity contribution in [2.75, 3.05) is 31.1 Å². The van der Waals surface area contributed by atoms with Gasteiger partial charge in [-0.3, -0.25) is 4.79 Å². The van der Waals surface area contributed by atoms with E-state index in [1.54, 1.807) is 28.0 Å². The van der Waals surface area contributed by atoms with Crippen LogP contribution in [0.1, 0.15) is 12.0 Å². The van der Waals surface area contributed by atoms with Crippen LogP contribution in [0.2, 0.25) is 0 Å². The third-order valence-electron chi connectivity index (χ3n) is 5.45. The minimum absolute atomic E-state index is 0.0226. The molecule has 5 rings (SSSR count). The second-order valence-corrected chi connectivity index (χ2v) is 8.31. The molecular formula is C22H21FN6OS. The van der Waals surface area contributed by atoms with Gasteiger partial charge in [-0.25, -0.2) is 4.39 Å². The predicted octanol–water partition coefficient (Wildman–Crippen LogP) is 3.27. The van der Waals surface area contributed by atoms with Crippen molar-refractivity contribution in [2.24, 2.45) is 0 Å². The molecule has 3 aromatic heterocycles. The lowest BCUT2D eigenvalue weighted by atomic mass is 10.1. The first kappa shape index (κ1) is 19.6. The number of amides is 1. The molecule has 0 saturated carbocycles. The molecule has 158 valence electrons. The van der Waals surface area contributed by atoms with Gasteiger partial charge in [0.25, 0.3) is 0 Å². The summed E-state index contributed by atoms with van der Waals surface area (Å²) in [5, 5.41) is 17.3. The summed E-state index contributed by atoms with van der Waals surface area (Å²) in [4.78, 5) is 16.8. The largest absolute Gasteiger partial charge is 0.353 e. The lowest BCUT2D eigenvalue weighted by Gasteiger charge is -2.23. The Morgan fingerprint density at radius 1 is 1.06 bits per heavy atom. The van der Waals surface area contributed by atoms with E-state index >= 15 is 0 Å². The molecule has 9 heteroatoms. The summed E-state index contributed by atoms with van der Waals surface area (Å²) in [6.07, 6.45) is 1.06. The van der Waals surface area contributed by atoms with Gasteiger partial charge < -0.3 is 9.80 Å². The summed E-state index contributed by atoms with van der Waals surface area (Å²) in [6.45, 7) is 2.77. The molecule has 1 aliphatic heterocycles. The van der Waals surface area contributed by atoms with Crippen molar-refractivity contribution in [3.63, 3.8) is 0 Å². The Hall–Kier alpha value is -3.33. The first-order valence-corrected chi connectivity index (χ1v) is 11.1. The van der Waals surface area contributed by atoms with Crippen LogP contribution >= 0.6 is 11.3 Å². The number of halogens is 1. The third-order valence-corrected chi connectivity index (χ3v) is 6.13. The SMILES string of the molecule is O=C(Cc1cccc(F)c1)N1CCCN(c2ccc3nnc(-c4ccsc4)n3n2)CC1. The molecule has 0 bridgehead atoms. The molecule has 0 spiro atoms. The van der Waals surface area contributed by atoms with Crippen molar-refractivity contribution in [3.05, 3.63) is 64.6 Å². The van der Waals surface area contributed by atoms with Crippen LogP contribution in [0.3, 0.4) is 0 Å². The fraction of sp³-hybridized carbons (Fsp3) is 0.273. The van der Waals surface area contributed by atoms with E-state index in [2.05, 4.69) is 15.1 Å². The molecule has 0 unspecified atom stereocenters. The monoisotopic (exact) mass is 436 g/mol. The molecule has 1 fully saturated rings. The van der Waals surface area contributed by atoms with Gasteiger partial charge >= 0.3 is 0 Å². The molecule has 0 N–H and O–H groups in total. The number of carbonyl (C=O) groups is 1. The summed E-state index contributed by atoms with van der Waals surface area (Å²) >= 11 is 1.61. The van der Waals surface area contributed by atoms with E-state index in [4.69, 9.17) is 5.10 Å². The normalized spacial score (nSPS) is 14.7. The van der Waals surface area contributed by atoms with Gasteiger partial charge in [0.05, 0.1) is 6.42 Å². The zero-order valence-corrected chi connectivity index (χ0v) is 17.6. The summed E-state index contributed by atoms with van der Waals surface area (Å²) in [5.74, 6) is 1.27. The van der Waals surface area contributed by atoms with Crippen molar-refractivity contribution in [2.45, 2.75) is 12.8 Å². The molecule has 1 aromatic carbocycles. The highest BCUT2D eigenvalue weighted by Gasteiger charge is 2.21. The standard InChI is InChI=1S/C22H21FN6OS/c23-18-4-1-3-16(13-18)14-21(30)28-9-2-8-27(10-11-28)20-6-5-19-24-25-22(29(19)26-20)17-7-12-31-15-17/h1,3-7,12-13,15H,2,8-11,14H2. The van der Waals surface area contributed by atoms with Gasteiger partial charge in [0, 0.05) is 37.1 Å². The van der Waals surface area contributed by atoms with Gasteiger partial charge in [-0.05, 0) is 47.7 Å². The number of hydrogen-bond acceptors (Lipinski definition) is 6. The van der Waals surface area contributed by atoms with Crippen LogP contribution < -0.4 is 4.90 Å². The Bertz CT molecular complexity index is 1210. The fourth-order valence-electron chi connectivity index (χ4n) is 3.85. The minimum Gasteiger partial charge on any atom is -0.353 e. The van der Waals surface area contributed by atoms with Crippen LogP contribution in [0.5, 0.6) is 0 Å². The maximum Gasteiger partial charge on any atom is 0.227 e. The molecule has 7 nitrogen and oxygen atoms in total. The highest BCUT2D eigenvalue weighted by molar-refractivity contribution is 7.08. The average Bonchev–Trinajstić information content (AvgIpc) is 3.37. The fourth-order valence-corrected chi connectivity index (χ4v) is 4.48. The molecule has 4 aromatic rings. The van der Waals surface area contributed by atoms with Crippen molar-refractivity contribution < 1.29 is 9.18 Å². The number of benzene rings is 1. The smallest absolute Gasteiger partial charge is 0.227 e. The predicted molar refractivity (Wildman–Crippen MR) is 118 cm³/mol. The molecule has 4 heterocycles. The number of anilines is 1. The number of rotatable bonds is 4. The Balaban J connectivity index is 1.30. The van der Waals surface area contributed by atoms with Crippen LogP contribution in [0, 0.1) is 5.82 Å². The van der Waals surface area contributed by atoms with E-state index in [1.165, 1.54) is 12.1 Å². The van der Waals surface area contributed by atoms with Crippen molar-refractivity contribution >= 4 is 28.7 Å². The Morgan fingerprint density at radius 3 is 2.84 bits per heavy atom. The number of carbonyl (C=O) groups excluding carboxylic acids is 1. The highest BCUT2D eigenvalue weighted by atomic mass is 32.1. The van der Waals surface area contributed by atoms with Gasteiger partial charge in [0.15, 0.2) is 11.5 Å². The van der Waals surface area contributed by atoms with E-state index in [1.807, 2.05) is 33.9 Å². The third kappa shape index (κ3) is 4.13. The van der Waals surface area contributed by atoms with Crippen LogP contribution in [0.4, 0.5) is 10.2 Å². The van der Waals surface area contributed by atoms with Crippen molar-refractivity contribution in [1.29, 1.82) is 0 Å². The molecular weight excluding hydrogens is 415 g/mol. The summed E-state index contributed by atoms with van der Waals surface area (Å²) < 4.78 is 15.2. The number of fused-ring (bicyclic) bond motifs is 1. The van der Waals surface area contributed by atoms with Crippen LogP contribution in [-0.4, -0.2) is 56.8 Å². The molecule has 1 saturated heterocycles. The Kier molecular flexibility index (Phi) is 5.33. The van der Waals surface area contributed by atoms with Crippen LogP contribution in [0.25, 0.3) is 17.0 Å². The van der Waals surface area contributed by atoms with E-state index in [0.717, 1.165) is 30.2 Å². The van der Waals surface area contributed by atoms with Gasteiger partial charge in [-0.1, -0.05) is 12.1 Å². The number of aromatic nitrogens is 4. The summed E-state index contributed by atoms with van der Waals surface area (Å²) in [5.41, 5.74) is 2.39. The van der Waals surface area contributed by atoms with Crippen LogP contribution in [0.15, 0.2) is 53.2 Å². The van der Waals surface area contributed by atoms with Crippen molar-refractivity contribution in [3.8, 4) is 11.4 Å². The Morgan fingerprint density at radius 2 is 2.00 bits per heavy atom. The zero-order chi connectivity index (χ0) is 21.2. The molecule has 31 heavy (non-hydrogen) atoms. The summed E-state index contributed by atoms with van der Waals surface area (Å²) in [7, 11) is 0.